The van der Waals surface area contributed by atoms with Crippen LogP contribution in [0.15, 0.2) is 5.16 Å². The van der Waals surface area contributed by atoms with Crippen molar-refractivity contribution in [3.63, 3.8) is 0 Å². The standard InChI is InChI=1S/C20H30N4OS2/c1-10(2)24(11(3)4)19(25)13(6)26-20-22-17(21)16-14-8-7-12(5)9-15(14)27-18(16)23-20/h10-13H,7-9H2,1-6H3,(H2,21,22,23). The van der Waals surface area contributed by atoms with Crippen molar-refractivity contribution in [3.05, 3.63) is 10.4 Å². The van der Waals surface area contributed by atoms with E-state index < -0.39 is 0 Å². The molecule has 0 saturated heterocycles. The largest absolute Gasteiger partial charge is 0.383 e. The minimum Gasteiger partial charge on any atom is -0.383 e. The third kappa shape index (κ3) is 4.09. The normalized spacial score (nSPS) is 18.1. The number of anilines is 1. The van der Waals surface area contributed by atoms with Crippen LogP contribution in [0.1, 0.15) is 58.4 Å². The Labute approximate surface area is 170 Å². The van der Waals surface area contributed by atoms with E-state index in [2.05, 4.69) is 11.9 Å². The van der Waals surface area contributed by atoms with Gasteiger partial charge in [0, 0.05) is 17.0 Å². The number of aryl methyl sites for hydroxylation is 1. The molecule has 1 aliphatic rings. The number of aromatic nitrogens is 2. The number of fused-ring (bicyclic) bond motifs is 3. The van der Waals surface area contributed by atoms with E-state index in [1.54, 1.807) is 11.3 Å². The van der Waals surface area contributed by atoms with Crippen LogP contribution in [-0.4, -0.2) is 38.1 Å². The molecule has 0 bridgehead atoms. The van der Waals surface area contributed by atoms with Gasteiger partial charge in [-0.15, -0.1) is 11.3 Å². The first-order valence-corrected chi connectivity index (χ1v) is 11.4. The first-order valence-electron chi connectivity index (χ1n) is 9.75. The minimum absolute atomic E-state index is 0.117. The first-order chi connectivity index (χ1) is 12.7. The van der Waals surface area contributed by atoms with Crippen LogP contribution in [0.4, 0.5) is 5.82 Å². The van der Waals surface area contributed by atoms with Gasteiger partial charge in [0.25, 0.3) is 0 Å². The van der Waals surface area contributed by atoms with Gasteiger partial charge in [-0.1, -0.05) is 18.7 Å². The fourth-order valence-electron chi connectivity index (χ4n) is 3.93. The number of carbonyl (C=O) groups excluding carboxylic acids is 1. The maximum Gasteiger partial charge on any atom is 0.236 e. The molecule has 2 atom stereocenters. The smallest absolute Gasteiger partial charge is 0.236 e. The third-order valence-electron chi connectivity index (χ3n) is 5.16. The van der Waals surface area contributed by atoms with Gasteiger partial charge in [-0.2, -0.15) is 0 Å². The highest BCUT2D eigenvalue weighted by Crippen LogP contribution is 2.40. The Morgan fingerprint density at radius 3 is 2.52 bits per heavy atom. The molecule has 2 aromatic rings. The monoisotopic (exact) mass is 406 g/mol. The fraction of sp³-hybridized carbons (Fsp3) is 0.650. The summed E-state index contributed by atoms with van der Waals surface area (Å²) in [6, 6.07) is 0.333. The van der Waals surface area contributed by atoms with Crippen molar-refractivity contribution >= 4 is 45.0 Å². The summed E-state index contributed by atoms with van der Waals surface area (Å²) in [5.74, 6) is 1.38. The summed E-state index contributed by atoms with van der Waals surface area (Å²) in [5, 5.41) is 1.39. The van der Waals surface area contributed by atoms with Crippen LogP contribution in [0.3, 0.4) is 0 Å². The van der Waals surface area contributed by atoms with Crippen LogP contribution in [0.5, 0.6) is 0 Å². The average molecular weight is 407 g/mol. The maximum absolute atomic E-state index is 12.9. The molecule has 0 fully saturated rings. The van der Waals surface area contributed by atoms with Gasteiger partial charge in [-0.05, 0) is 65.4 Å². The minimum atomic E-state index is -0.249. The van der Waals surface area contributed by atoms with Crippen molar-refractivity contribution in [2.75, 3.05) is 5.73 Å². The average Bonchev–Trinajstić information content (AvgIpc) is 2.91. The van der Waals surface area contributed by atoms with Crippen molar-refractivity contribution < 1.29 is 4.79 Å². The number of thiophene rings is 1. The van der Waals surface area contributed by atoms with E-state index in [0.29, 0.717) is 16.9 Å². The van der Waals surface area contributed by atoms with Crippen molar-refractivity contribution in [1.82, 2.24) is 14.9 Å². The van der Waals surface area contributed by atoms with E-state index in [0.717, 1.165) is 23.1 Å². The molecule has 27 heavy (non-hydrogen) atoms. The topological polar surface area (TPSA) is 72.1 Å². The summed E-state index contributed by atoms with van der Waals surface area (Å²) in [5.41, 5.74) is 7.66. The number of carbonyl (C=O) groups is 1. The van der Waals surface area contributed by atoms with Crippen molar-refractivity contribution in [3.8, 4) is 0 Å². The molecule has 3 rings (SSSR count). The third-order valence-corrected chi connectivity index (χ3v) is 7.26. The van der Waals surface area contributed by atoms with Gasteiger partial charge in [-0.3, -0.25) is 4.79 Å². The predicted octanol–water partition coefficient (Wildman–Crippen LogP) is 4.52. The highest BCUT2D eigenvalue weighted by atomic mass is 32.2. The molecule has 2 N–H and O–H groups in total. The quantitative estimate of drug-likeness (QED) is 0.584. The molecular formula is C20H30N4OS2. The molecule has 2 unspecified atom stereocenters. The molecule has 148 valence electrons. The summed E-state index contributed by atoms with van der Waals surface area (Å²) < 4.78 is 0. The molecule has 5 nitrogen and oxygen atoms in total. The molecule has 0 saturated carbocycles. The van der Waals surface area contributed by atoms with Crippen LogP contribution in [0.2, 0.25) is 0 Å². The highest BCUT2D eigenvalue weighted by Gasteiger charge is 2.28. The zero-order valence-corrected chi connectivity index (χ0v) is 18.7. The van der Waals surface area contributed by atoms with Crippen molar-refractivity contribution in [2.45, 2.75) is 83.3 Å². The lowest BCUT2D eigenvalue weighted by Crippen LogP contribution is -2.45. The van der Waals surface area contributed by atoms with E-state index >= 15 is 0 Å². The molecule has 2 heterocycles. The second kappa shape index (κ2) is 7.95. The zero-order chi connectivity index (χ0) is 19.9. The number of nitrogens with two attached hydrogens (primary N) is 1. The number of thioether (sulfide) groups is 1. The maximum atomic E-state index is 12.9. The fourth-order valence-corrected chi connectivity index (χ4v) is 6.21. The summed E-state index contributed by atoms with van der Waals surface area (Å²) in [6.45, 7) is 12.4. The van der Waals surface area contributed by atoms with E-state index in [4.69, 9.17) is 10.7 Å². The van der Waals surface area contributed by atoms with E-state index in [1.165, 1.54) is 28.6 Å². The Hall–Kier alpha value is -1.34. The van der Waals surface area contributed by atoms with E-state index in [1.807, 2.05) is 39.5 Å². The Balaban J connectivity index is 1.86. The number of nitrogen functional groups attached to an aromatic ring is 1. The van der Waals surface area contributed by atoms with Gasteiger partial charge in [0.2, 0.25) is 5.91 Å². The van der Waals surface area contributed by atoms with Crippen molar-refractivity contribution in [2.24, 2.45) is 5.92 Å². The molecule has 2 aromatic heterocycles. The van der Waals surface area contributed by atoms with Crippen LogP contribution in [-0.2, 0) is 17.6 Å². The lowest BCUT2D eigenvalue weighted by atomic mass is 9.89. The molecule has 1 amide bonds. The van der Waals surface area contributed by atoms with Gasteiger partial charge >= 0.3 is 0 Å². The molecular weight excluding hydrogens is 376 g/mol. The van der Waals surface area contributed by atoms with Crippen LogP contribution in [0, 0.1) is 5.92 Å². The molecule has 7 heteroatoms. The van der Waals surface area contributed by atoms with Gasteiger partial charge < -0.3 is 10.6 Å². The molecule has 1 aliphatic carbocycles. The molecule has 0 radical (unpaired) electrons. The van der Waals surface area contributed by atoms with Crippen LogP contribution < -0.4 is 5.73 Å². The Bertz CT molecular complexity index is 838. The Morgan fingerprint density at radius 2 is 1.89 bits per heavy atom. The Kier molecular flexibility index (Phi) is 6.01. The van der Waals surface area contributed by atoms with Gasteiger partial charge in [-0.25, -0.2) is 9.97 Å². The van der Waals surface area contributed by atoms with Gasteiger partial charge in [0.1, 0.15) is 10.6 Å². The number of nitrogens with zero attached hydrogens (tertiary/aromatic N) is 3. The van der Waals surface area contributed by atoms with E-state index in [-0.39, 0.29) is 23.2 Å². The highest BCUT2D eigenvalue weighted by molar-refractivity contribution is 8.00. The van der Waals surface area contributed by atoms with Gasteiger partial charge in [0.05, 0.1) is 10.6 Å². The summed E-state index contributed by atoms with van der Waals surface area (Å²) in [4.78, 5) is 26.5. The number of hydrogen-bond acceptors (Lipinski definition) is 6. The van der Waals surface area contributed by atoms with Crippen LogP contribution in [0.25, 0.3) is 10.2 Å². The number of amides is 1. The lowest BCUT2D eigenvalue weighted by Gasteiger charge is -2.32. The van der Waals surface area contributed by atoms with Crippen LogP contribution >= 0.6 is 23.1 Å². The molecule has 0 aliphatic heterocycles. The predicted molar refractivity (Wildman–Crippen MR) is 115 cm³/mol. The number of rotatable bonds is 5. The summed E-state index contributed by atoms with van der Waals surface area (Å²) in [6.07, 6.45) is 3.36. The van der Waals surface area contributed by atoms with Gasteiger partial charge in [0.15, 0.2) is 5.16 Å². The van der Waals surface area contributed by atoms with Crippen molar-refractivity contribution in [1.29, 1.82) is 0 Å². The lowest BCUT2D eigenvalue weighted by molar-refractivity contribution is -0.133. The molecule has 0 spiro atoms. The zero-order valence-electron chi connectivity index (χ0n) is 17.1. The molecule has 0 aromatic carbocycles. The second-order valence-corrected chi connectivity index (χ2v) is 10.5. The second-order valence-electron chi connectivity index (χ2n) is 8.12. The Morgan fingerprint density at radius 1 is 1.22 bits per heavy atom. The summed E-state index contributed by atoms with van der Waals surface area (Å²) in [7, 11) is 0. The number of hydrogen-bond donors (Lipinski definition) is 1. The SMILES string of the molecule is CC1CCc2c(sc3nc(SC(C)C(=O)N(C(C)C)C(C)C)nc(N)c23)C1. The first kappa shape index (κ1) is 20.4. The summed E-state index contributed by atoms with van der Waals surface area (Å²) >= 11 is 3.15. The van der Waals surface area contributed by atoms with E-state index in [9.17, 15) is 4.79 Å².